The van der Waals surface area contributed by atoms with E-state index in [2.05, 4.69) is 39.9 Å². The summed E-state index contributed by atoms with van der Waals surface area (Å²) in [6.07, 6.45) is -2.46. The second-order valence-corrected chi connectivity index (χ2v) is 8.18. The number of alkyl halides is 3. The summed E-state index contributed by atoms with van der Waals surface area (Å²) in [5.74, 6) is -1.47. The predicted octanol–water partition coefficient (Wildman–Crippen LogP) is 2.80. The minimum atomic E-state index is -5.19. The number of aromatic amines is 1. The topological polar surface area (TPSA) is 105 Å². The van der Waals surface area contributed by atoms with Crippen LogP contribution in [0.3, 0.4) is 0 Å². The van der Waals surface area contributed by atoms with E-state index >= 15 is 0 Å². The van der Waals surface area contributed by atoms with Gasteiger partial charge in [0, 0.05) is 36.3 Å². The SMILES string of the molecule is CC(=O)NCCc1c2c(c3[nH+]ccc4c3c1Nc1ccccc1-4)OCS2.O=C([O-])C(F)(F)F. The molecule has 0 saturated heterocycles. The highest BCUT2D eigenvalue weighted by atomic mass is 32.2. The first-order valence-corrected chi connectivity index (χ1v) is 10.8. The number of pyridine rings is 1. The van der Waals surface area contributed by atoms with Crippen molar-refractivity contribution in [1.82, 2.24) is 5.32 Å². The minimum Gasteiger partial charge on any atom is -0.542 e. The summed E-state index contributed by atoms with van der Waals surface area (Å²) in [4.78, 5) is 24.6. The van der Waals surface area contributed by atoms with Gasteiger partial charge in [0.2, 0.25) is 11.7 Å². The number of carbonyl (C=O) groups is 2. The van der Waals surface area contributed by atoms with Crippen molar-refractivity contribution in [2.24, 2.45) is 0 Å². The van der Waals surface area contributed by atoms with Gasteiger partial charge in [0.05, 0.1) is 16.0 Å². The first-order chi connectivity index (χ1) is 15.7. The minimum absolute atomic E-state index is 0.00712. The Labute approximate surface area is 190 Å². The van der Waals surface area contributed by atoms with Crippen molar-refractivity contribution in [2.75, 3.05) is 17.8 Å². The summed E-state index contributed by atoms with van der Waals surface area (Å²) in [5, 5.41) is 16.5. The lowest BCUT2D eigenvalue weighted by molar-refractivity contribution is -0.345. The second-order valence-electron chi connectivity index (χ2n) is 7.25. The number of carboxylic acids is 1. The molecule has 0 radical (unpaired) electrons. The number of nitrogens with one attached hydrogen (secondary N) is 3. The first-order valence-electron chi connectivity index (χ1n) is 9.86. The van der Waals surface area contributed by atoms with Gasteiger partial charge in [-0.1, -0.05) is 30.0 Å². The van der Waals surface area contributed by atoms with Crippen molar-refractivity contribution < 1.29 is 37.6 Å². The molecule has 172 valence electrons. The van der Waals surface area contributed by atoms with Crippen LogP contribution in [-0.4, -0.2) is 30.5 Å². The monoisotopic (exact) mass is 477 g/mol. The van der Waals surface area contributed by atoms with Crippen LogP contribution < -0.4 is 25.5 Å². The van der Waals surface area contributed by atoms with Crippen molar-refractivity contribution in [3.63, 3.8) is 0 Å². The van der Waals surface area contributed by atoms with Crippen molar-refractivity contribution in [1.29, 1.82) is 0 Å². The van der Waals surface area contributed by atoms with E-state index in [0.717, 1.165) is 39.3 Å². The number of benzene rings is 2. The van der Waals surface area contributed by atoms with Crippen LogP contribution in [0.25, 0.3) is 22.0 Å². The molecule has 0 saturated carbocycles. The van der Waals surface area contributed by atoms with E-state index in [1.54, 1.807) is 18.7 Å². The number of hydrogen-bond acceptors (Lipinski definition) is 6. The highest BCUT2D eigenvalue weighted by Gasteiger charge is 2.32. The predicted molar refractivity (Wildman–Crippen MR) is 114 cm³/mol. The third-order valence-electron chi connectivity index (χ3n) is 5.12. The molecule has 5 rings (SSSR count). The summed E-state index contributed by atoms with van der Waals surface area (Å²) in [6.45, 7) is 2.16. The molecule has 33 heavy (non-hydrogen) atoms. The highest BCUT2D eigenvalue weighted by Crippen LogP contribution is 2.52. The van der Waals surface area contributed by atoms with E-state index in [0.29, 0.717) is 12.5 Å². The molecule has 0 spiro atoms. The number of rotatable bonds is 3. The van der Waals surface area contributed by atoms with E-state index in [-0.39, 0.29) is 5.91 Å². The number of ether oxygens (including phenoxy) is 1. The van der Waals surface area contributed by atoms with Crippen LogP contribution in [-0.2, 0) is 16.0 Å². The summed E-state index contributed by atoms with van der Waals surface area (Å²) in [5.41, 5.74) is 6.86. The number of aromatic nitrogens is 1. The van der Waals surface area contributed by atoms with Crippen LogP contribution >= 0.6 is 11.8 Å². The Hall–Kier alpha value is -3.47. The molecular formula is C22H18F3N3O4S. The van der Waals surface area contributed by atoms with Gasteiger partial charge < -0.3 is 25.3 Å². The number of aliphatic carboxylic acids is 1. The van der Waals surface area contributed by atoms with Gasteiger partial charge in [-0.05, 0) is 18.1 Å². The second kappa shape index (κ2) is 8.81. The van der Waals surface area contributed by atoms with Gasteiger partial charge >= 0.3 is 6.18 Å². The maximum atomic E-state index is 11.3. The molecule has 7 nitrogen and oxygen atoms in total. The number of H-pyrrole nitrogens is 1. The Morgan fingerprint density at radius 2 is 1.97 bits per heavy atom. The number of carboxylic acid groups (broad SMARTS) is 1. The molecule has 3 aromatic rings. The summed E-state index contributed by atoms with van der Waals surface area (Å²) in [7, 11) is 0. The summed E-state index contributed by atoms with van der Waals surface area (Å²) < 4.78 is 37.5. The fourth-order valence-electron chi connectivity index (χ4n) is 3.82. The smallest absolute Gasteiger partial charge is 0.430 e. The fourth-order valence-corrected chi connectivity index (χ4v) is 4.78. The molecule has 0 aliphatic carbocycles. The van der Waals surface area contributed by atoms with Gasteiger partial charge in [0.1, 0.15) is 11.9 Å². The van der Waals surface area contributed by atoms with Crippen LogP contribution in [0, 0.1) is 0 Å². The van der Waals surface area contributed by atoms with E-state index in [9.17, 15) is 18.0 Å². The van der Waals surface area contributed by atoms with E-state index in [1.807, 2.05) is 12.3 Å². The molecule has 1 aromatic heterocycles. The average Bonchev–Trinajstić information content (AvgIpc) is 3.25. The van der Waals surface area contributed by atoms with Crippen LogP contribution in [0.5, 0.6) is 5.75 Å². The third kappa shape index (κ3) is 4.40. The van der Waals surface area contributed by atoms with E-state index < -0.39 is 12.1 Å². The van der Waals surface area contributed by atoms with Gasteiger partial charge in [-0.25, -0.2) is 4.98 Å². The molecule has 0 bridgehead atoms. The summed E-state index contributed by atoms with van der Waals surface area (Å²) >= 11 is 1.71. The number of halogens is 3. The zero-order valence-electron chi connectivity index (χ0n) is 17.3. The average molecular weight is 477 g/mol. The van der Waals surface area contributed by atoms with Crippen molar-refractivity contribution >= 4 is 45.9 Å². The van der Waals surface area contributed by atoms with Crippen LogP contribution in [0.1, 0.15) is 12.5 Å². The molecule has 0 unspecified atom stereocenters. The lowest BCUT2D eigenvalue weighted by Gasteiger charge is -2.24. The van der Waals surface area contributed by atoms with Gasteiger partial charge in [-0.15, -0.1) is 0 Å². The number of para-hydroxylation sites is 1. The Morgan fingerprint density at radius 1 is 1.24 bits per heavy atom. The fraction of sp³-hybridized carbons (Fsp3) is 0.227. The van der Waals surface area contributed by atoms with E-state index in [4.69, 9.17) is 14.6 Å². The quantitative estimate of drug-likeness (QED) is 0.470. The van der Waals surface area contributed by atoms with Crippen molar-refractivity contribution in [3.05, 3.63) is 42.1 Å². The molecule has 3 N–H and O–H groups in total. The standard InChI is InChI=1S/C20H17N3O2S.C2HF3O2/c1-11(24)21-8-7-14-17-16-13(12-4-2-3-5-15(12)23-17)6-9-22-18(16)19-20(14)26-10-25-19;3-2(4,5)1(6)7/h2-6,9,23H,7-8,10H2,1H3,(H,21,24);(H,6,7). The van der Waals surface area contributed by atoms with Crippen molar-refractivity contribution in [2.45, 2.75) is 24.4 Å². The largest absolute Gasteiger partial charge is 0.542 e. The molecular weight excluding hydrogens is 459 g/mol. The van der Waals surface area contributed by atoms with Gasteiger partial charge in [-0.2, -0.15) is 13.2 Å². The highest BCUT2D eigenvalue weighted by molar-refractivity contribution is 7.99. The Balaban J connectivity index is 0.000000325. The Kier molecular flexibility index (Phi) is 6.07. The van der Waals surface area contributed by atoms with Crippen LogP contribution in [0.4, 0.5) is 24.5 Å². The van der Waals surface area contributed by atoms with E-state index in [1.165, 1.54) is 16.7 Å². The number of amides is 1. The van der Waals surface area contributed by atoms with Gasteiger partial charge in [0.15, 0.2) is 6.20 Å². The number of hydrogen-bond donors (Lipinski definition) is 2. The maximum absolute atomic E-state index is 11.3. The number of carbonyl (C=O) groups excluding carboxylic acids is 2. The Bertz CT molecular complexity index is 1260. The number of thioether (sulfide) groups is 1. The molecule has 3 heterocycles. The third-order valence-corrected chi connectivity index (χ3v) is 6.08. The molecule has 0 fully saturated rings. The lowest BCUT2D eigenvalue weighted by Crippen LogP contribution is -2.37. The van der Waals surface area contributed by atoms with Crippen molar-refractivity contribution in [3.8, 4) is 16.9 Å². The van der Waals surface area contributed by atoms with Gasteiger partial charge in [-0.3, -0.25) is 4.79 Å². The zero-order valence-corrected chi connectivity index (χ0v) is 18.1. The molecule has 0 atom stereocenters. The maximum Gasteiger partial charge on any atom is 0.430 e. The molecule has 11 heteroatoms. The molecule has 2 aromatic carbocycles. The normalized spacial score (nSPS) is 13.1. The van der Waals surface area contributed by atoms with Gasteiger partial charge in [0.25, 0.3) is 5.52 Å². The molecule has 2 aliphatic heterocycles. The Morgan fingerprint density at radius 3 is 2.67 bits per heavy atom. The molecule has 2 aliphatic rings. The van der Waals surface area contributed by atoms with Crippen LogP contribution in [0.15, 0.2) is 41.4 Å². The number of fused-ring (bicyclic) bond motifs is 4. The van der Waals surface area contributed by atoms with Crippen LogP contribution in [0.2, 0.25) is 0 Å². The molecule has 1 amide bonds. The lowest BCUT2D eigenvalue weighted by atomic mass is 9.91. The number of anilines is 2. The first kappa shape index (κ1) is 22.7. The summed E-state index contributed by atoms with van der Waals surface area (Å²) in [6, 6.07) is 10.5. The zero-order chi connectivity index (χ0) is 23.8.